The number of amides is 1. The van der Waals surface area contributed by atoms with Gasteiger partial charge in [-0.15, -0.1) is 0 Å². The average Bonchev–Trinajstić information content (AvgIpc) is 2.86. The lowest BCUT2D eigenvalue weighted by Crippen LogP contribution is -2.20. The van der Waals surface area contributed by atoms with Crippen LogP contribution in [0.15, 0.2) is 36.4 Å². The van der Waals surface area contributed by atoms with Crippen molar-refractivity contribution in [2.24, 2.45) is 0 Å². The largest absolute Gasteiger partial charge is 0.492 e. The van der Waals surface area contributed by atoms with Crippen LogP contribution >= 0.6 is 0 Å². The van der Waals surface area contributed by atoms with E-state index in [1.54, 1.807) is 18.2 Å². The highest BCUT2D eigenvalue weighted by Gasteiger charge is 2.20. The molecule has 0 atom stereocenters. The molecule has 2 aromatic carbocycles. The molecule has 6 nitrogen and oxygen atoms in total. The molecule has 6 heteroatoms. The van der Waals surface area contributed by atoms with E-state index in [0.29, 0.717) is 36.9 Å². The zero-order valence-electron chi connectivity index (χ0n) is 13.1. The molecule has 0 unspecified atom stereocenters. The minimum atomic E-state index is -0.222. The van der Waals surface area contributed by atoms with E-state index >= 15 is 0 Å². The Hall–Kier alpha value is -2.73. The summed E-state index contributed by atoms with van der Waals surface area (Å²) < 4.78 is 16.8. The highest BCUT2D eigenvalue weighted by molar-refractivity contribution is 6.06. The van der Waals surface area contributed by atoms with Crippen molar-refractivity contribution in [3.05, 3.63) is 47.5 Å². The fourth-order valence-corrected chi connectivity index (χ4v) is 2.84. The molecule has 1 amide bonds. The molecule has 124 valence electrons. The first-order chi connectivity index (χ1) is 11.8. The number of hydrogen-bond donors (Lipinski definition) is 2. The maximum Gasteiger partial charge on any atom is 0.259 e. The number of nitrogens with one attached hydrogen (secondary N) is 2. The molecular formula is C18H18N2O4. The molecule has 24 heavy (non-hydrogen) atoms. The highest BCUT2D eigenvalue weighted by Crippen LogP contribution is 2.34. The first-order valence-corrected chi connectivity index (χ1v) is 7.98. The van der Waals surface area contributed by atoms with Gasteiger partial charge in [0.05, 0.1) is 5.56 Å². The third-order valence-corrected chi connectivity index (χ3v) is 3.98. The van der Waals surface area contributed by atoms with Gasteiger partial charge in [0.2, 0.25) is 0 Å². The summed E-state index contributed by atoms with van der Waals surface area (Å²) in [5.74, 6) is 1.74. The Bertz CT molecular complexity index is 776. The Morgan fingerprint density at radius 3 is 2.83 bits per heavy atom. The van der Waals surface area contributed by atoms with Crippen molar-refractivity contribution in [3.8, 4) is 17.2 Å². The minimum absolute atomic E-state index is 0.222. The van der Waals surface area contributed by atoms with E-state index in [-0.39, 0.29) is 5.91 Å². The van der Waals surface area contributed by atoms with E-state index in [2.05, 4.69) is 10.6 Å². The lowest BCUT2D eigenvalue weighted by molar-refractivity contribution is 0.101. The number of rotatable bonds is 2. The van der Waals surface area contributed by atoms with Crippen molar-refractivity contribution in [3.63, 3.8) is 0 Å². The number of para-hydroxylation sites is 1. The van der Waals surface area contributed by atoms with E-state index < -0.39 is 0 Å². The Labute approximate surface area is 139 Å². The Kier molecular flexibility index (Phi) is 3.96. The van der Waals surface area contributed by atoms with Gasteiger partial charge in [0.15, 0.2) is 11.5 Å². The molecule has 0 radical (unpaired) electrons. The minimum Gasteiger partial charge on any atom is -0.492 e. The van der Waals surface area contributed by atoms with Crippen LogP contribution in [0.1, 0.15) is 15.9 Å². The smallest absolute Gasteiger partial charge is 0.259 e. The molecule has 2 aliphatic heterocycles. The van der Waals surface area contributed by atoms with Crippen LogP contribution in [0.3, 0.4) is 0 Å². The van der Waals surface area contributed by atoms with Crippen LogP contribution in [0.2, 0.25) is 0 Å². The SMILES string of the molecule is O=C(Nc1ccc2c(c1)CNCCO2)c1cccc2c1OCCO2. The summed E-state index contributed by atoms with van der Waals surface area (Å²) in [5, 5.41) is 6.20. The quantitative estimate of drug-likeness (QED) is 0.885. The predicted molar refractivity (Wildman–Crippen MR) is 89.0 cm³/mol. The highest BCUT2D eigenvalue weighted by atomic mass is 16.6. The third-order valence-electron chi connectivity index (χ3n) is 3.98. The number of hydrogen-bond acceptors (Lipinski definition) is 5. The standard InChI is InChI=1S/C18H18N2O4/c21-18(14-2-1-3-16-17(14)24-9-8-23-16)20-13-4-5-15-12(10-13)11-19-6-7-22-15/h1-5,10,19H,6-9,11H2,(H,20,21). The van der Waals surface area contributed by atoms with Gasteiger partial charge in [0.1, 0.15) is 25.6 Å². The summed E-state index contributed by atoms with van der Waals surface area (Å²) in [4.78, 5) is 12.6. The normalized spacial score (nSPS) is 15.7. The first-order valence-electron chi connectivity index (χ1n) is 7.98. The van der Waals surface area contributed by atoms with E-state index in [0.717, 1.165) is 30.1 Å². The summed E-state index contributed by atoms with van der Waals surface area (Å²) in [6, 6.07) is 11.0. The Morgan fingerprint density at radius 1 is 1.00 bits per heavy atom. The molecule has 0 spiro atoms. The molecule has 0 fully saturated rings. The van der Waals surface area contributed by atoms with Gasteiger partial charge >= 0.3 is 0 Å². The Balaban J connectivity index is 1.58. The monoisotopic (exact) mass is 326 g/mol. The van der Waals surface area contributed by atoms with Gasteiger partial charge in [-0.2, -0.15) is 0 Å². The molecule has 0 saturated heterocycles. The maximum atomic E-state index is 12.6. The van der Waals surface area contributed by atoms with Crippen molar-refractivity contribution in [1.82, 2.24) is 5.32 Å². The van der Waals surface area contributed by atoms with Crippen molar-refractivity contribution in [2.45, 2.75) is 6.54 Å². The van der Waals surface area contributed by atoms with Gasteiger partial charge in [-0.3, -0.25) is 4.79 Å². The number of carbonyl (C=O) groups is 1. The second-order valence-electron chi connectivity index (χ2n) is 5.63. The number of anilines is 1. The van der Waals surface area contributed by atoms with Gasteiger partial charge in [0, 0.05) is 24.3 Å². The molecule has 0 aliphatic carbocycles. The molecular weight excluding hydrogens is 308 g/mol. The van der Waals surface area contributed by atoms with Gasteiger partial charge in [-0.25, -0.2) is 0 Å². The van der Waals surface area contributed by atoms with E-state index in [1.165, 1.54) is 0 Å². The summed E-state index contributed by atoms with van der Waals surface area (Å²) in [7, 11) is 0. The molecule has 2 aromatic rings. The molecule has 0 bridgehead atoms. The molecule has 2 aliphatic rings. The topological polar surface area (TPSA) is 68.8 Å². The van der Waals surface area contributed by atoms with Crippen molar-refractivity contribution < 1.29 is 19.0 Å². The van der Waals surface area contributed by atoms with Gasteiger partial charge in [0.25, 0.3) is 5.91 Å². The maximum absolute atomic E-state index is 12.6. The zero-order chi connectivity index (χ0) is 16.4. The van der Waals surface area contributed by atoms with Crippen molar-refractivity contribution in [1.29, 1.82) is 0 Å². The molecule has 0 aromatic heterocycles. The predicted octanol–water partition coefficient (Wildman–Crippen LogP) is 2.19. The van der Waals surface area contributed by atoms with Gasteiger partial charge in [-0.1, -0.05) is 6.07 Å². The summed E-state index contributed by atoms with van der Waals surface area (Å²) in [6.07, 6.45) is 0. The lowest BCUT2D eigenvalue weighted by atomic mass is 10.1. The third kappa shape index (κ3) is 2.88. The van der Waals surface area contributed by atoms with Crippen LogP contribution in [-0.2, 0) is 6.54 Å². The van der Waals surface area contributed by atoms with Crippen LogP contribution in [0.4, 0.5) is 5.69 Å². The van der Waals surface area contributed by atoms with E-state index in [4.69, 9.17) is 14.2 Å². The molecule has 0 saturated carbocycles. The number of fused-ring (bicyclic) bond motifs is 2. The zero-order valence-corrected chi connectivity index (χ0v) is 13.1. The van der Waals surface area contributed by atoms with Crippen LogP contribution in [0.25, 0.3) is 0 Å². The number of carbonyl (C=O) groups excluding carboxylic acids is 1. The second kappa shape index (κ2) is 6.41. The first kappa shape index (κ1) is 14.8. The Morgan fingerprint density at radius 2 is 1.88 bits per heavy atom. The fourth-order valence-electron chi connectivity index (χ4n) is 2.84. The van der Waals surface area contributed by atoms with Crippen LogP contribution in [0.5, 0.6) is 17.2 Å². The number of benzene rings is 2. The van der Waals surface area contributed by atoms with Crippen LogP contribution in [0, 0.1) is 0 Å². The molecule has 4 rings (SSSR count). The fraction of sp³-hybridized carbons (Fsp3) is 0.278. The van der Waals surface area contributed by atoms with E-state index in [1.807, 2.05) is 18.2 Å². The van der Waals surface area contributed by atoms with E-state index in [9.17, 15) is 4.79 Å². The van der Waals surface area contributed by atoms with Crippen molar-refractivity contribution >= 4 is 11.6 Å². The number of ether oxygens (including phenoxy) is 3. The summed E-state index contributed by atoms with van der Waals surface area (Å²) in [5.41, 5.74) is 2.22. The molecule has 2 heterocycles. The van der Waals surface area contributed by atoms with Crippen LogP contribution in [-0.4, -0.2) is 32.3 Å². The van der Waals surface area contributed by atoms with Crippen LogP contribution < -0.4 is 24.8 Å². The van der Waals surface area contributed by atoms with Gasteiger partial charge < -0.3 is 24.8 Å². The summed E-state index contributed by atoms with van der Waals surface area (Å²) >= 11 is 0. The summed E-state index contributed by atoms with van der Waals surface area (Å²) in [6.45, 7) is 3.11. The van der Waals surface area contributed by atoms with Gasteiger partial charge in [-0.05, 0) is 30.3 Å². The molecule has 2 N–H and O–H groups in total. The lowest BCUT2D eigenvalue weighted by Gasteiger charge is -2.20. The second-order valence-corrected chi connectivity index (χ2v) is 5.63. The average molecular weight is 326 g/mol. The van der Waals surface area contributed by atoms with Crippen molar-refractivity contribution in [2.75, 3.05) is 31.7 Å².